The zero-order valence-corrected chi connectivity index (χ0v) is 16.5. The highest BCUT2D eigenvalue weighted by Crippen LogP contribution is 2.24. The number of amides is 1. The summed E-state index contributed by atoms with van der Waals surface area (Å²) in [6.45, 7) is 4.59. The van der Waals surface area contributed by atoms with Gasteiger partial charge in [-0.25, -0.2) is 13.1 Å². The molecule has 1 aromatic rings. The molecule has 24 heavy (non-hydrogen) atoms. The highest BCUT2D eigenvalue weighted by molar-refractivity contribution is 7.91. The van der Waals surface area contributed by atoms with Crippen molar-refractivity contribution in [3.63, 3.8) is 0 Å². The van der Waals surface area contributed by atoms with Gasteiger partial charge >= 0.3 is 0 Å². The van der Waals surface area contributed by atoms with Gasteiger partial charge in [-0.15, -0.1) is 23.7 Å². The molecule has 6 nitrogen and oxygen atoms in total. The third-order valence-corrected chi connectivity index (χ3v) is 7.32. The number of rotatable bonds is 7. The van der Waals surface area contributed by atoms with Crippen molar-refractivity contribution in [2.45, 2.75) is 36.9 Å². The third-order valence-electron chi connectivity index (χ3n) is 4.33. The minimum absolute atomic E-state index is 0. The lowest BCUT2D eigenvalue weighted by Crippen LogP contribution is -2.33. The molecule has 0 bridgehead atoms. The number of hydrogen-bond acceptors (Lipinski definition) is 5. The second-order valence-corrected chi connectivity index (χ2v) is 9.26. The maximum Gasteiger partial charge on any atom is 0.249 e. The molecule has 1 atom stereocenters. The van der Waals surface area contributed by atoms with Crippen molar-refractivity contribution >= 4 is 39.7 Å². The van der Waals surface area contributed by atoms with E-state index in [1.807, 2.05) is 0 Å². The average Bonchev–Trinajstić information content (AvgIpc) is 3.03. The molecule has 1 fully saturated rings. The molecule has 1 aliphatic heterocycles. The molecule has 0 saturated carbocycles. The molecule has 1 saturated heterocycles. The van der Waals surface area contributed by atoms with E-state index in [4.69, 9.17) is 0 Å². The third kappa shape index (κ3) is 6.00. The average molecular weight is 396 g/mol. The first-order valence-corrected chi connectivity index (χ1v) is 10.2. The Balaban J connectivity index is 0.00000288. The molecular weight excluding hydrogens is 370 g/mol. The Hall–Kier alpha value is -0.670. The minimum Gasteiger partial charge on any atom is -0.351 e. The number of piperidine rings is 1. The minimum atomic E-state index is -3.40. The molecule has 0 radical (unpaired) electrons. The molecular formula is C15H26ClN3O3S2. The van der Waals surface area contributed by atoms with Crippen LogP contribution in [0.3, 0.4) is 0 Å². The topological polar surface area (TPSA) is 87.3 Å². The fraction of sp³-hybridized carbons (Fsp3) is 0.667. The predicted octanol–water partition coefficient (Wildman–Crippen LogP) is 1.72. The van der Waals surface area contributed by atoms with Gasteiger partial charge in [0.25, 0.3) is 0 Å². The van der Waals surface area contributed by atoms with Crippen molar-refractivity contribution in [1.29, 1.82) is 0 Å². The molecule has 2 rings (SSSR count). The Labute approximate surface area is 154 Å². The van der Waals surface area contributed by atoms with E-state index in [1.54, 1.807) is 12.1 Å². The van der Waals surface area contributed by atoms with Crippen molar-refractivity contribution in [1.82, 2.24) is 15.4 Å². The molecule has 0 aromatic carbocycles. The first kappa shape index (κ1) is 21.4. The predicted molar refractivity (Wildman–Crippen MR) is 99.0 cm³/mol. The van der Waals surface area contributed by atoms with Crippen LogP contribution >= 0.6 is 23.7 Å². The zero-order valence-electron chi connectivity index (χ0n) is 14.0. The van der Waals surface area contributed by atoms with Crippen LogP contribution in [0.4, 0.5) is 0 Å². The van der Waals surface area contributed by atoms with Crippen LogP contribution < -0.4 is 15.4 Å². The van der Waals surface area contributed by atoms with Gasteiger partial charge in [0.1, 0.15) is 4.21 Å². The molecule has 9 heteroatoms. The van der Waals surface area contributed by atoms with Crippen LogP contribution in [-0.2, 0) is 21.4 Å². The van der Waals surface area contributed by atoms with Gasteiger partial charge in [-0.3, -0.25) is 4.79 Å². The number of halogens is 1. The Morgan fingerprint density at radius 2 is 2.04 bits per heavy atom. The summed E-state index contributed by atoms with van der Waals surface area (Å²) >= 11 is 1.18. The second-order valence-electron chi connectivity index (χ2n) is 5.97. The van der Waals surface area contributed by atoms with Crippen LogP contribution in [0.15, 0.2) is 16.3 Å². The Morgan fingerprint density at radius 3 is 2.67 bits per heavy atom. The number of carbonyl (C=O) groups is 1. The lowest BCUT2D eigenvalue weighted by Gasteiger charge is -2.27. The van der Waals surface area contributed by atoms with Crippen LogP contribution in [0.2, 0.25) is 0 Å². The highest BCUT2D eigenvalue weighted by atomic mass is 35.5. The SMILES string of the molecule is CNS(=O)(=O)c1ccc(CNC(=O)CC(C)C2CCNCC2)s1.Cl. The maximum atomic E-state index is 12.1. The number of hydrogen-bond donors (Lipinski definition) is 3. The summed E-state index contributed by atoms with van der Waals surface area (Å²) in [4.78, 5) is 12.9. The van der Waals surface area contributed by atoms with Crippen molar-refractivity contribution in [2.75, 3.05) is 20.1 Å². The van der Waals surface area contributed by atoms with Crippen molar-refractivity contribution in [3.8, 4) is 0 Å². The molecule has 138 valence electrons. The van der Waals surface area contributed by atoms with E-state index in [-0.39, 0.29) is 22.5 Å². The van der Waals surface area contributed by atoms with Gasteiger partial charge < -0.3 is 10.6 Å². The van der Waals surface area contributed by atoms with Gasteiger partial charge in [0, 0.05) is 11.3 Å². The van der Waals surface area contributed by atoms with Crippen LogP contribution in [0.5, 0.6) is 0 Å². The molecule has 1 amide bonds. The van der Waals surface area contributed by atoms with E-state index in [2.05, 4.69) is 22.3 Å². The van der Waals surface area contributed by atoms with E-state index in [0.717, 1.165) is 30.8 Å². The monoisotopic (exact) mass is 395 g/mol. The first-order chi connectivity index (χ1) is 10.9. The van der Waals surface area contributed by atoms with Crippen molar-refractivity contribution in [3.05, 3.63) is 17.0 Å². The second kappa shape index (κ2) is 9.72. The summed E-state index contributed by atoms with van der Waals surface area (Å²) in [5.41, 5.74) is 0. The highest BCUT2D eigenvalue weighted by Gasteiger charge is 2.22. The lowest BCUT2D eigenvalue weighted by molar-refractivity contribution is -0.122. The number of carbonyl (C=O) groups excluding carboxylic acids is 1. The van der Waals surface area contributed by atoms with Gasteiger partial charge in [0.05, 0.1) is 6.54 Å². The Bertz CT molecular complexity index is 628. The van der Waals surface area contributed by atoms with Gasteiger partial charge in [-0.1, -0.05) is 6.92 Å². The van der Waals surface area contributed by atoms with Crippen LogP contribution in [0.25, 0.3) is 0 Å². The summed E-state index contributed by atoms with van der Waals surface area (Å²) in [5, 5.41) is 6.23. The summed E-state index contributed by atoms with van der Waals surface area (Å²) in [6, 6.07) is 3.31. The van der Waals surface area contributed by atoms with E-state index >= 15 is 0 Å². The summed E-state index contributed by atoms with van der Waals surface area (Å²) in [7, 11) is -2.01. The standard InChI is InChI=1S/C15H25N3O3S2.ClH/c1-11(12-5-7-17-8-6-12)9-14(19)18-10-13-3-4-15(22-13)23(20,21)16-2;/h3-4,11-12,16-17H,5-10H2,1-2H3,(H,18,19);1H. The molecule has 3 N–H and O–H groups in total. The molecule has 0 aliphatic carbocycles. The van der Waals surface area contributed by atoms with E-state index in [1.165, 1.54) is 18.4 Å². The van der Waals surface area contributed by atoms with Gasteiger partial charge in [-0.2, -0.15) is 0 Å². The van der Waals surface area contributed by atoms with Gasteiger partial charge in [0.2, 0.25) is 15.9 Å². The quantitative estimate of drug-likeness (QED) is 0.656. The first-order valence-electron chi connectivity index (χ1n) is 7.92. The summed E-state index contributed by atoms with van der Waals surface area (Å²) in [6.07, 6.45) is 2.78. The van der Waals surface area contributed by atoms with Crippen LogP contribution in [0, 0.1) is 11.8 Å². The normalized spacial score (nSPS) is 17.1. The summed E-state index contributed by atoms with van der Waals surface area (Å²) < 4.78 is 25.9. The Morgan fingerprint density at radius 1 is 1.38 bits per heavy atom. The fourth-order valence-electron chi connectivity index (χ4n) is 2.83. The largest absolute Gasteiger partial charge is 0.351 e. The molecule has 0 spiro atoms. The van der Waals surface area contributed by atoms with Crippen molar-refractivity contribution in [2.24, 2.45) is 11.8 Å². The van der Waals surface area contributed by atoms with Crippen LogP contribution in [0.1, 0.15) is 31.1 Å². The van der Waals surface area contributed by atoms with Gasteiger partial charge in [0.15, 0.2) is 0 Å². The molecule has 1 unspecified atom stereocenters. The maximum absolute atomic E-state index is 12.1. The fourth-order valence-corrected chi connectivity index (χ4v) is 4.96. The van der Waals surface area contributed by atoms with Crippen molar-refractivity contribution < 1.29 is 13.2 Å². The Kier molecular flexibility index (Phi) is 8.66. The number of thiophene rings is 1. The summed E-state index contributed by atoms with van der Waals surface area (Å²) in [5.74, 6) is 1.01. The molecule has 1 aromatic heterocycles. The number of nitrogens with one attached hydrogen (secondary N) is 3. The van der Waals surface area contributed by atoms with E-state index in [0.29, 0.717) is 24.8 Å². The number of sulfonamides is 1. The lowest BCUT2D eigenvalue weighted by atomic mass is 9.84. The molecule has 2 heterocycles. The van der Waals surface area contributed by atoms with Crippen LogP contribution in [-0.4, -0.2) is 34.5 Å². The van der Waals surface area contributed by atoms with E-state index in [9.17, 15) is 13.2 Å². The zero-order chi connectivity index (χ0) is 16.9. The smallest absolute Gasteiger partial charge is 0.249 e. The molecule has 1 aliphatic rings. The van der Waals surface area contributed by atoms with E-state index < -0.39 is 10.0 Å². The van der Waals surface area contributed by atoms with Gasteiger partial charge in [-0.05, 0) is 56.9 Å².